The van der Waals surface area contributed by atoms with Gasteiger partial charge in [-0.2, -0.15) is 0 Å². The van der Waals surface area contributed by atoms with Crippen molar-refractivity contribution in [1.82, 2.24) is 0 Å². The summed E-state index contributed by atoms with van der Waals surface area (Å²) in [5.74, 6) is 0. The van der Waals surface area contributed by atoms with Gasteiger partial charge in [0.05, 0.1) is 5.69 Å². The predicted molar refractivity (Wildman–Crippen MR) is 240 cm³/mol. The zero-order chi connectivity index (χ0) is 38.4. The summed E-state index contributed by atoms with van der Waals surface area (Å²) in [6.45, 7) is 14.6. The Morgan fingerprint density at radius 2 is 1.00 bits per heavy atom. The molecule has 1 heteroatoms. The molecule has 0 aromatic heterocycles. The molecule has 0 aliphatic heterocycles. The van der Waals surface area contributed by atoms with Gasteiger partial charge >= 0.3 is 0 Å². The second kappa shape index (κ2) is 12.6. The van der Waals surface area contributed by atoms with E-state index in [1.54, 1.807) is 0 Å². The fraction of sp³-hybridized carbons (Fsp3) is 0.200. The first-order chi connectivity index (χ1) is 27.0. The average Bonchev–Trinajstić information content (AvgIpc) is 3.45. The highest BCUT2D eigenvalue weighted by molar-refractivity contribution is 6.09. The van der Waals surface area contributed by atoms with Crippen molar-refractivity contribution in [3.8, 4) is 33.4 Å². The number of hydrogen-bond donors (Lipinski definition) is 0. The van der Waals surface area contributed by atoms with Gasteiger partial charge in [0.2, 0.25) is 0 Å². The monoisotopic (exact) mass is 723 g/mol. The molecule has 8 aromatic rings. The lowest BCUT2D eigenvalue weighted by atomic mass is 9.61. The summed E-state index contributed by atoms with van der Waals surface area (Å²) in [4.78, 5) is 2.55. The Kier molecular flexibility index (Phi) is 7.75. The lowest BCUT2D eigenvalue weighted by Crippen LogP contribution is -2.34. The minimum Gasteiger partial charge on any atom is -0.310 e. The largest absolute Gasteiger partial charge is 0.310 e. The van der Waals surface area contributed by atoms with Gasteiger partial charge in [-0.3, -0.25) is 0 Å². The maximum absolute atomic E-state index is 2.55. The van der Waals surface area contributed by atoms with E-state index < -0.39 is 0 Å². The van der Waals surface area contributed by atoms with E-state index in [2.05, 4.69) is 210 Å². The Morgan fingerprint density at radius 1 is 0.393 bits per heavy atom. The molecular formula is C55H49N. The van der Waals surface area contributed by atoms with Crippen LogP contribution in [0, 0.1) is 0 Å². The SMILES string of the molecule is CC1(C)CCC(C)(C)c2c(-c3cc4c(cc3N(c3ccc(-c5ccccc5)cc3)c3ccc5ccc6ccccc6c5c3)C(C)(C)c3ccccc3-4)cccc21. The second-order valence-electron chi connectivity index (χ2n) is 18.0. The van der Waals surface area contributed by atoms with Crippen molar-refractivity contribution >= 4 is 38.6 Å². The molecule has 1 nitrogen and oxygen atoms in total. The molecule has 2 aliphatic rings. The van der Waals surface area contributed by atoms with E-state index in [1.807, 2.05) is 0 Å². The van der Waals surface area contributed by atoms with Gasteiger partial charge in [-0.15, -0.1) is 0 Å². The predicted octanol–water partition coefficient (Wildman–Crippen LogP) is 15.5. The summed E-state index contributed by atoms with van der Waals surface area (Å²) < 4.78 is 0. The zero-order valence-electron chi connectivity index (χ0n) is 33.4. The molecule has 8 aromatic carbocycles. The van der Waals surface area contributed by atoms with Crippen LogP contribution in [-0.2, 0) is 16.2 Å². The van der Waals surface area contributed by atoms with Crippen LogP contribution in [0.5, 0.6) is 0 Å². The summed E-state index contributed by atoms with van der Waals surface area (Å²) in [7, 11) is 0. The van der Waals surface area contributed by atoms with Crippen molar-refractivity contribution in [3.05, 3.63) is 186 Å². The van der Waals surface area contributed by atoms with Crippen molar-refractivity contribution in [2.45, 2.75) is 70.6 Å². The quantitative estimate of drug-likeness (QED) is 0.160. The normalized spacial score (nSPS) is 16.0. The third kappa shape index (κ3) is 5.35. The average molecular weight is 724 g/mol. The van der Waals surface area contributed by atoms with Gasteiger partial charge in [0, 0.05) is 22.4 Å². The second-order valence-corrected chi connectivity index (χ2v) is 18.0. The van der Waals surface area contributed by atoms with E-state index in [0.717, 1.165) is 17.8 Å². The molecule has 0 spiro atoms. The molecule has 10 rings (SSSR count). The first-order valence-electron chi connectivity index (χ1n) is 20.3. The van der Waals surface area contributed by atoms with Crippen molar-refractivity contribution < 1.29 is 0 Å². The minimum absolute atomic E-state index is 0.0267. The van der Waals surface area contributed by atoms with Crippen molar-refractivity contribution in [2.24, 2.45) is 0 Å². The third-order valence-electron chi connectivity index (χ3n) is 13.3. The lowest BCUT2D eigenvalue weighted by Gasteiger charge is -2.43. The molecule has 0 atom stereocenters. The highest BCUT2D eigenvalue weighted by Gasteiger charge is 2.41. The molecule has 2 aliphatic carbocycles. The van der Waals surface area contributed by atoms with Crippen LogP contribution in [0.4, 0.5) is 17.1 Å². The molecule has 0 bridgehead atoms. The molecular weight excluding hydrogens is 675 g/mol. The Morgan fingerprint density at radius 3 is 1.80 bits per heavy atom. The molecule has 0 radical (unpaired) electrons. The van der Waals surface area contributed by atoms with Gasteiger partial charge in [0.1, 0.15) is 0 Å². The Labute approximate surface area is 332 Å². The van der Waals surface area contributed by atoms with Gasteiger partial charge in [0.25, 0.3) is 0 Å². The van der Waals surface area contributed by atoms with E-state index in [0.29, 0.717) is 0 Å². The van der Waals surface area contributed by atoms with Crippen LogP contribution in [0.3, 0.4) is 0 Å². The third-order valence-corrected chi connectivity index (χ3v) is 13.3. The molecule has 0 saturated heterocycles. The molecule has 56 heavy (non-hydrogen) atoms. The molecule has 0 amide bonds. The van der Waals surface area contributed by atoms with Crippen molar-refractivity contribution in [2.75, 3.05) is 4.90 Å². The van der Waals surface area contributed by atoms with Crippen LogP contribution in [0.15, 0.2) is 164 Å². The van der Waals surface area contributed by atoms with Gasteiger partial charge in [-0.25, -0.2) is 0 Å². The van der Waals surface area contributed by atoms with E-state index in [4.69, 9.17) is 0 Å². The number of fused-ring (bicyclic) bond motifs is 7. The van der Waals surface area contributed by atoms with E-state index in [-0.39, 0.29) is 16.2 Å². The Bertz CT molecular complexity index is 2820. The summed E-state index contributed by atoms with van der Waals surface area (Å²) in [6, 6.07) is 61.6. The van der Waals surface area contributed by atoms with Gasteiger partial charge in [-0.05, 0) is 132 Å². The maximum atomic E-state index is 2.55. The van der Waals surface area contributed by atoms with Crippen LogP contribution in [0.2, 0.25) is 0 Å². The highest BCUT2D eigenvalue weighted by Crippen LogP contribution is 2.56. The molecule has 274 valence electrons. The van der Waals surface area contributed by atoms with E-state index in [9.17, 15) is 0 Å². The van der Waals surface area contributed by atoms with E-state index >= 15 is 0 Å². The number of hydrogen-bond acceptors (Lipinski definition) is 1. The molecule has 0 N–H and O–H groups in total. The van der Waals surface area contributed by atoms with Crippen LogP contribution >= 0.6 is 0 Å². The molecule has 0 heterocycles. The zero-order valence-corrected chi connectivity index (χ0v) is 33.4. The summed E-state index contributed by atoms with van der Waals surface area (Å²) in [5, 5.41) is 5.05. The van der Waals surface area contributed by atoms with Gasteiger partial charge in [0.15, 0.2) is 0 Å². The summed E-state index contributed by atoms with van der Waals surface area (Å²) >= 11 is 0. The topological polar surface area (TPSA) is 3.24 Å². The first-order valence-corrected chi connectivity index (χ1v) is 20.3. The van der Waals surface area contributed by atoms with Crippen molar-refractivity contribution in [3.63, 3.8) is 0 Å². The van der Waals surface area contributed by atoms with Gasteiger partial charge < -0.3 is 4.90 Å². The highest BCUT2D eigenvalue weighted by atomic mass is 15.1. The lowest BCUT2D eigenvalue weighted by molar-refractivity contribution is 0.333. The summed E-state index contributed by atoms with van der Waals surface area (Å²) in [6.07, 6.45) is 2.34. The maximum Gasteiger partial charge on any atom is 0.0543 e. The molecule has 0 unspecified atom stereocenters. The smallest absolute Gasteiger partial charge is 0.0543 e. The van der Waals surface area contributed by atoms with E-state index in [1.165, 1.54) is 89.3 Å². The van der Waals surface area contributed by atoms with Crippen molar-refractivity contribution in [1.29, 1.82) is 0 Å². The van der Waals surface area contributed by atoms with Crippen LogP contribution in [-0.4, -0.2) is 0 Å². The number of rotatable bonds is 5. The van der Waals surface area contributed by atoms with Gasteiger partial charge in [-0.1, -0.05) is 169 Å². The Hall–Kier alpha value is -5.92. The summed E-state index contributed by atoms with van der Waals surface area (Å²) in [5.41, 5.74) is 17.0. The Balaban J connectivity index is 1.30. The first kappa shape index (κ1) is 34.6. The van der Waals surface area contributed by atoms with Crippen LogP contribution < -0.4 is 4.90 Å². The minimum atomic E-state index is -0.154. The molecule has 0 fully saturated rings. The number of anilines is 3. The standard InChI is InChI=1S/C55H49N/c1-53(2)31-32-54(3,4)52-44(20-14-22-49(52)53)47-34-46-43-19-12-13-21-48(43)55(5,6)50(46)35-51(47)56(40-28-25-37(26-29-40)36-15-8-7-9-16-36)41-30-27-39-24-23-38-17-10-11-18-42(38)45(39)33-41/h7-30,33-35H,31-32H2,1-6H3. The number of nitrogens with zero attached hydrogens (tertiary/aromatic N) is 1. The van der Waals surface area contributed by atoms with Crippen LogP contribution in [0.25, 0.3) is 54.9 Å². The fourth-order valence-corrected chi connectivity index (χ4v) is 10.1. The fourth-order valence-electron chi connectivity index (χ4n) is 10.1. The molecule has 0 saturated carbocycles. The number of benzene rings is 8. The van der Waals surface area contributed by atoms with Crippen LogP contribution in [0.1, 0.15) is 76.6 Å².